The molecule has 0 aromatic carbocycles. The van der Waals surface area contributed by atoms with Crippen molar-refractivity contribution in [2.45, 2.75) is 38.4 Å². The summed E-state index contributed by atoms with van der Waals surface area (Å²) in [6, 6.07) is 0. The Balaban J connectivity index is 2.55. The maximum Gasteiger partial charge on any atom is 0.125 e. The van der Waals surface area contributed by atoms with Gasteiger partial charge in [-0.2, -0.15) is 0 Å². The van der Waals surface area contributed by atoms with E-state index in [0.717, 1.165) is 19.1 Å². The van der Waals surface area contributed by atoms with E-state index in [1.807, 2.05) is 19.9 Å². The van der Waals surface area contributed by atoms with Gasteiger partial charge in [-0.15, -0.1) is 6.58 Å². The third-order valence-corrected chi connectivity index (χ3v) is 2.58. The second kappa shape index (κ2) is 3.40. The Morgan fingerprint density at radius 3 is 2.83 bits per heavy atom. The van der Waals surface area contributed by atoms with Gasteiger partial charge in [0.05, 0.1) is 11.7 Å². The summed E-state index contributed by atoms with van der Waals surface area (Å²) in [5.41, 5.74) is -0.206. The quantitative estimate of drug-likeness (QED) is 0.475. The molecule has 1 aliphatic rings. The maximum atomic E-state index is 10.5. The van der Waals surface area contributed by atoms with Gasteiger partial charge in [-0.25, -0.2) is 0 Å². The molecule has 1 rings (SSSR count). The lowest BCUT2D eigenvalue weighted by Crippen LogP contribution is -2.25. The number of hydrogen-bond donors (Lipinski definition) is 0. The van der Waals surface area contributed by atoms with Gasteiger partial charge >= 0.3 is 0 Å². The molecule has 0 aromatic heterocycles. The van der Waals surface area contributed by atoms with Crippen LogP contribution < -0.4 is 0 Å². The second-order valence-electron chi connectivity index (χ2n) is 3.71. The minimum absolute atomic E-state index is 0.00627. The van der Waals surface area contributed by atoms with Gasteiger partial charge in [0.1, 0.15) is 6.29 Å². The Kier molecular flexibility index (Phi) is 2.68. The summed E-state index contributed by atoms with van der Waals surface area (Å²) in [4.78, 5) is 10.5. The standard InChI is InChI=1S/C10H16O2/c1-4-10(3)6-5-9(12-10)8(2)7-11/h4,7-9H,1,5-6H2,2-3H3/t8?,9-,10+/m1/s1. The average Bonchev–Trinajstić information content (AvgIpc) is 2.48. The van der Waals surface area contributed by atoms with Crippen molar-refractivity contribution in [3.05, 3.63) is 12.7 Å². The van der Waals surface area contributed by atoms with Gasteiger partial charge in [-0.05, 0) is 19.8 Å². The topological polar surface area (TPSA) is 26.3 Å². The summed E-state index contributed by atoms with van der Waals surface area (Å²) in [7, 11) is 0. The van der Waals surface area contributed by atoms with Crippen molar-refractivity contribution in [2.75, 3.05) is 0 Å². The third kappa shape index (κ3) is 1.75. The van der Waals surface area contributed by atoms with Gasteiger partial charge in [0.15, 0.2) is 0 Å². The van der Waals surface area contributed by atoms with Crippen LogP contribution in [0.3, 0.4) is 0 Å². The summed E-state index contributed by atoms with van der Waals surface area (Å²) in [6.07, 6.45) is 4.80. The van der Waals surface area contributed by atoms with Gasteiger partial charge in [0, 0.05) is 5.92 Å². The Morgan fingerprint density at radius 1 is 1.75 bits per heavy atom. The number of carbonyl (C=O) groups is 1. The zero-order valence-corrected chi connectivity index (χ0v) is 7.75. The van der Waals surface area contributed by atoms with E-state index in [-0.39, 0.29) is 17.6 Å². The molecule has 0 spiro atoms. The largest absolute Gasteiger partial charge is 0.367 e. The summed E-state index contributed by atoms with van der Waals surface area (Å²) in [6.45, 7) is 7.63. The van der Waals surface area contributed by atoms with Gasteiger partial charge in [-0.3, -0.25) is 0 Å². The van der Waals surface area contributed by atoms with E-state index in [2.05, 4.69) is 6.58 Å². The highest BCUT2D eigenvalue weighted by Gasteiger charge is 2.35. The predicted octanol–water partition coefficient (Wildman–Crippen LogP) is 1.95. The van der Waals surface area contributed by atoms with E-state index in [1.54, 1.807) is 0 Å². The number of hydrogen-bond acceptors (Lipinski definition) is 2. The van der Waals surface area contributed by atoms with Crippen molar-refractivity contribution in [3.63, 3.8) is 0 Å². The normalized spacial score (nSPS) is 37.7. The first-order chi connectivity index (χ1) is 5.61. The van der Waals surface area contributed by atoms with Crippen LogP contribution in [0.15, 0.2) is 12.7 Å². The van der Waals surface area contributed by atoms with E-state index in [9.17, 15) is 4.79 Å². The Bertz CT molecular complexity index is 188. The molecule has 0 aromatic rings. The number of aldehydes is 1. The molecule has 1 unspecified atom stereocenters. The van der Waals surface area contributed by atoms with Crippen molar-refractivity contribution >= 4 is 6.29 Å². The SMILES string of the molecule is C=C[C@@]1(C)CC[C@H](C(C)C=O)O1. The monoisotopic (exact) mass is 168 g/mol. The van der Waals surface area contributed by atoms with Crippen molar-refractivity contribution < 1.29 is 9.53 Å². The smallest absolute Gasteiger partial charge is 0.125 e. The minimum atomic E-state index is -0.206. The first-order valence-corrected chi connectivity index (χ1v) is 4.38. The highest BCUT2D eigenvalue weighted by atomic mass is 16.5. The van der Waals surface area contributed by atoms with E-state index in [4.69, 9.17) is 4.74 Å². The van der Waals surface area contributed by atoms with Gasteiger partial charge in [0.2, 0.25) is 0 Å². The zero-order valence-electron chi connectivity index (χ0n) is 7.75. The van der Waals surface area contributed by atoms with Crippen LogP contribution in [0.25, 0.3) is 0 Å². The van der Waals surface area contributed by atoms with E-state index in [1.165, 1.54) is 0 Å². The van der Waals surface area contributed by atoms with Crippen LogP contribution in [-0.2, 0) is 9.53 Å². The Hall–Kier alpha value is -0.630. The summed E-state index contributed by atoms with van der Waals surface area (Å²) >= 11 is 0. The predicted molar refractivity (Wildman–Crippen MR) is 47.9 cm³/mol. The molecule has 3 atom stereocenters. The van der Waals surface area contributed by atoms with Crippen LogP contribution in [0.1, 0.15) is 26.7 Å². The van der Waals surface area contributed by atoms with Crippen molar-refractivity contribution in [1.29, 1.82) is 0 Å². The molecule has 1 saturated heterocycles. The first kappa shape index (κ1) is 9.46. The van der Waals surface area contributed by atoms with Crippen LogP contribution in [0.5, 0.6) is 0 Å². The summed E-state index contributed by atoms with van der Waals surface area (Å²) in [5, 5.41) is 0. The Labute approximate surface area is 73.6 Å². The molecule has 1 aliphatic heterocycles. The molecular weight excluding hydrogens is 152 g/mol. The molecule has 2 nitrogen and oxygen atoms in total. The van der Waals surface area contributed by atoms with E-state index < -0.39 is 0 Å². The fourth-order valence-electron chi connectivity index (χ4n) is 1.50. The molecule has 2 heteroatoms. The lowest BCUT2D eigenvalue weighted by Gasteiger charge is -2.21. The number of ether oxygens (including phenoxy) is 1. The molecule has 68 valence electrons. The van der Waals surface area contributed by atoms with Crippen molar-refractivity contribution in [2.24, 2.45) is 5.92 Å². The van der Waals surface area contributed by atoms with Crippen LogP contribution in [0, 0.1) is 5.92 Å². The molecule has 0 N–H and O–H groups in total. The van der Waals surface area contributed by atoms with Gasteiger partial charge in [0.25, 0.3) is 0 Å². The van der Waals surface area contributed by atoms with Gasteiger partial charge in [-0.1, -0.05) is 13.0 Å². The molecule has 0 aliphatic carbocycles. The highest BCUT2D eigenvalue weighted by Crippen LogP contribution is 2.33. The van der Waals surface area contributed by atoms with E-state index >= 15 is 0 Å². The van der Waals surface area contributed by atoms with Gasteiger partial charge < -0.3 is 9.53 Å². The van der Waals surface area contributed by atoms with Crippen LogP contribution in [0.4, 0.5) is 0 Å². The lowest BCUT2D eigenvalue weighted by atomic mass is 10.00. The molecule has 12 heavy (non-hydrogen) atoms. The molecule has 0 radical (unpaired) electrons. The third-order valence-electron chi connectivity index (χ3n) is 2.58. The molecule has 1 heterocycles. The minimum Gasteiger partial charge on any atom is -0.367 e. The average molecular weight is 168 g/mol. The summed E-state index contributed by atoms with van der Waals surface area (Å²) < 4.78 is 5.70. The summed E-state index contributed by atoms with van der Waals surface area (Å²) in [5.74, 6) is 0.00627. The van der Waals surface area contributed by atoms with Crippen molar-refractivity contribution in [1.82, 2.24) is 0 Å². The highest BCUT2D eigenvalue weighted by molar-refractivity contribution is 5.53. The Morgan fingerprint density at radius 2 is 2.42 bits per heavy atom. The maximum absolute atomic E-state index is 10.5. The van der Waals surface area contributed by atoms with Crippen LogP contribution in [-0.4, -0.2) is 18.0 Å². The molecule has 1 fully saturated rings. The molecular formula is C10H16O2. The van der Waals surface area contributed by atoms with Crippen LogP contribution >= 0.6 is 0 Å². The number of rotatable bonds is 3. The second-order valence-corrected chi connectivity index (χ2v) is 3.71. The fraction of sp³-hybridized carbons (Fsp3) is 0.700. The van der Waals surface area contributed by atoms with Crippen LogP contribution in [0.2, 0.25) is 0 Å². The molecule has 0 saturated carbocycles. The zero-order chi connectivity index (χ0) is 9.19. The van der Waals surface area contributed by atoms with Crippen molar-refractivity contribution in [3.8, 4) is 0 Å². The van der Waals surface area contributed by atoms with E-state index in [0.29, 0.717) is 0 Å². The first-order valence-electron chi connectivity index (χ1n) is 4.38. The fourth-order valence-corrected chi connectivity index (χ4v) is 1.50. The lowest BCUT2D eigenvalue weighted by molar-refractivity contribution is -0.115. The molecule has 0 bridgehead atoms. The molecule has 0 amide bonds. The number of carbonyl (C=O) groups excluding carboxylic acids is 1.